The molecule has 1 unspecified atom stereocenters. The first kappa shape index (κ1) is 18.6. The van der Waals surface area contributed by atoms with Crippen molar-refractivity contribution in [2.75, 3.05) is 24.6 Å². The number of piperidine rings is 1. The number of anilines is 1. The fraction of sp³-hybridized carbons (Fsp3) is 0.522. The van der Waals surface area contributed by atoms with E-state index in [2.05, 4.69) is 32.5 Å². The van der Waals surface area contributed by atoms with Crippen LogP contribution in [0.4, 0.5) is 5.82 Å². The van der Waals surface area contributed by atoms with Gasteiger partial charge in [-0.1, -0.05) is 24.3 Å². The van der Waals surface area contributed by atoms with E-state index < -0.39 is 6.10 Å². The minimum atomic E-state index is -0.482. The summed E-state index contributed by atoms with van der Waals surface area (Å²) in [5.41, 5.74) is 4.78. The lowest BCUT2D eigenvalue weighted by Crippen LogP contribution is -2.47. The average molecular weight is 393 g/mol. The van der Waals surface area contributed by atoms with Crippen LogP contribution >= 0.6 is 0 Å². The Balaban J connectivity index is 1.19. The molecule has 0 bridgehead atoms. The molecule has 0 radical (unpaired) electrons. The van der Waals surface area contributed by atoms with Gasteiger partial charge in [-0.3, -0.25) is 4.79 Å². The van der Waals surface area contributed by atoms with E-state index in [1.165, 1.54) is 29.7 Å². The summed E-state index contributed by atoms with van der Waals surface area (Å²) in [6, 6.07) is 10.5. The maximum Gasteiger partial charge on any atom is 0.253 e. The van der Waals surface area contributed by atoms with Crippen molar-refractivity contribution in [1.82, 2.24) is 15.5 Å². The van der Waals surface area contributed by atoms with Crippen LogP contribution in [0.2, 0.25) is 0 Å². The molecular formula is C23H28N4O2. The van der Waals surface area contributed by atoms with E-state index in [0.29, 0.717) is 6.61 Å². The van der Waals surface area contributed by atoms with E-state index >= 15 is 0 Å². The largest absolute Gasteiger partial charge is 0.363 e. The molecule has 2 aliphatic heterocycles. The first-order valence-electron chi connectivity index (χ1n) is 10.9. The van der Waals surface area contributed by atoms with Crippen molar-refractivity contribution in [3.05, 3.63) is 52.7 Å². The van der Waals surface area contributed by atoms with Crippen LogP contribution in [0.1, 0.15) is 54.2 Å². The average Bonchev–Trinajstić information content (AvgIpc) is 2.79. The van der Waals surface area contributed by atoms with Gasteiger partial charge in [0, 0.05) is 19.1 Å². The molecule has 1 saturated heterocycles. The highest BCUT2D eigenvalue weighted by Crippen LogP contribution is 2.28. The summed E-state index contributed by atoms with van der Waals surface area (Å²) in [6.45, 7) is 2.38. The number of amides is 1. The van der Waals surface area contributed by atoms with Gasteiger partial charge in [-0.25, -0.2) is 0 Å². The van der Waals surface area contributed by atoms with Crippen LogP contribution in [0, 0.1) is 0 Å². The highest BCUT2D eigenvalue weighted by molar-refractivity contribution is 5.83. The van der Waals surface area contributed by atoms with Gasteiger partial charge >= 0.3 is 0 Å². The number of carbonyl (C=O) groups is 1. The molecule has 1 atom stereocenters. The van der Waals surface area contributed by atoms with Crippen LogP contribution in [0.3, 0.4) is 0 Å². The summed E-state index contributed by atoms with van der Waals surface area (Å²) < 4.78 is 5.81. The second kappa shape index (κ2) is 8.11. The fourth-order valence-electron chi connectivity index (χ4n) is 4.77. The summed E-state index contributed by atoms with van der Waals surface area (Å²) >= 11 is 0. The molecule has 6 heteroatoms. The van der Waals surface area contributed by atoms with Crippen molar-refractivity contribution in [3.63, 3.8) is 0 Å². The minimum Gasteiger partial charge on any atom is -0.363 e. The van der Waals surface area contributed by atoms with Gasteiger partial charge in [-0.15, -0.1) is 5.10 Å². The molecule has 3 heterocycles. The Bertz CT molecular complexity index is 892. The van der Waals surface area contributed by atoms with Gasteiger partial charge < -0.3 is 15.0 Å². The molecule has 1 amide bonds. The van der Waals surface area contributed by atoms with Gasteiger partial charge in [0.1, 0.15) is 0 Å². The molecule has 1 aliphatic carbocycles. The molecule has 152 valence electrons. The number of hydrogen-bond donors (Lipinski definition) is 1. The predicted molar refractivity (Wildman–Crippen MR) is 111 cm³/mol. The summed E-state index contributed by atoms with van der Waals surface area (Å²) in [5.74, 6) is 0.976. The number of benzene rings is 1. The number of aryl methyl sites for hydroxylation is 2. The van der Waals surface area contributed by atoms with Crippen LogP contribution < -0.4 is 10.2 Å². The van der Waals surface area contributed by atoms with Gasteiger partial charge in [0.2, 0.25) is 0 Å². The first-order chi connectivity index (χ1) is 14.3. The van der Waals surface area contributed by atoms with Crippen LogP contribution in [-0.4, -0.2) is 41.8 Å². The third kappa shape index (κ3) is 3.86. The fourth-order valence-corrected chi connectivity index (χ4v) is 4.77. The van der Waals surface area contributed by atoms with E-state index in [1.807, 2.05) is 18.2 Å². The third-order valence-corrected chi connectivity index (χ3v) is 6.45. The zero-order valence-electron chi connectivity index (χ0n) is 16.8. The molecule has 1 N–H and O–H groups in total. The molecule has 1 fully saturated rings. The monoisotopic (exact) mass is 392 g/mol. The quantitative estimate of drug-likeness (QED) is 0.870. The standard InChI is InChI=1S/C23H28N4O2/c28-23(22-19-7-3-1-5-16(19)11-14-29-22)24-18-9-12-27(13-10-18)21-15-17-6-2-4-8-20(17)25-26-21/h1,3,5,7,15,18,22H,2,4,6,8-14H2,(H,24,28). The lowest BCUT2D eigenvalue weighted by molar-refractivity contribution is -0.135. The molecular weight excluding hydrogens is 364 g/mol. The zero-order chi connectivity index (χ0) is 19.6. The molecule has 0 saturated carbocycles. The Morgan fingerprint density at radius 3 is 2.76 bits per heavy atom. The zero-order valence-corrected chi connectivity index (χ0v) is 16.8. The summed E-state index contributed by atoms with van der Waals surface area (Å²) in [5, 5.41) is 12.2. The second-order valence-electron chi connectivity index (χ2n) is 8.35. The topological polar surface area (TPSA) is 67.4 Å². The summed E-state index contributed by atoms with van der Waals surface area (Å²) in [6.07, 6.45) is 6.87. The molecule has 0 spiro atoms. The Morgan fingerprint density at radius 2 is 1.86 bits per heavy atom. The van der Waals surface area contributed by atoms with E-state index in [9.17, 15) is 4.79 Å². The van der Waals surface area contributed by atoms with Crippen molar-refractivity contribution in [2.45, 2.75) is 57.1 Å². The number of hydrogen-bond acceptors (Lipinski definition) is 5. The van der Waals surface area contributed by atoms with Gasteiger partial charge in [0.05, 0.1) is 12.3 Å². The number of ether oxygens (including phenoxy) is 1. The lowest BCUT2D eigenvalue weighted by Gasteiger charge is -2.34. The Kier molecular flexibility index (Phi) is 5.19. The number of aromatic nitrogens is 2. The van der Waals surface area contributed by atoms with Crippen molar-refractivity contribution in [1.29, 1.82) is 0 Å². The SMILES string of the molecule is O=C(NC1CCN(c2cc3c(nn2)CCCC3)CC1)C1OCCc2ccccc21. The predicted octanol–water partition coefficient (Wildman–Crippen LogP) is 2.75. The molecule has 1 aromatic carbocycles. The summed E-state index contributed by atoms with van der Waals surface area (Å²) in [4.78, 5) is 15.2. The summed E-state index contributed by atoms with van der Waals surface area (Å²) in [7, 11) is 0. The third-order valence-electron chi connectivity index (χ3n) is 6.45. The van der Waals surface area contributed by atoms with Crippen molar-refractivity contribution in [2.24, 2.45) is 0 Å². The molecule has 2 aromatic rings. The van der Waals surface area contributed by atoms with Gasteiger partial charge in [0.25, 0.3) is 5.91 Å². The smallest absolute Gasteiger partial charge is 0.253 e. The highest BCUT2D eigenvalue weighted by Gasteiger charge is 2.30. The molecule has 3 aliphatic rings. The Morgan fingerprint density at radius 1 is 1.03 bits per heavy atom. The van der Waals surface area contributed by atoms with Gasteiger partial charge in [-0.05, 0) is 67.7 Å². The molecule has 6 nitrogen and oxygen atoms in total. The van der Waals surface area contributed by atoms with E-state index in [4.69, 9.17) is 4.74 Å². The van der Waals surface area contributed by atoms with E-state index in [0.717, 1.165) is 56.6 Å². The Hall–Kier alpha value is -2.47. The molecule has 5 rings (SSSR count). The van der Waals surface area contributed by atoms with Crippen molar-refractivity contribution >= 4 is 11.7 Å². The maximum absolute atomic E-state index is 12.9. The van der Waals surface area contributed by atoms with Gasteiger partial charge in [0.15, 0.2) is 11.9 Å². The van der Waals surface area contributed by atoms with E-state index in [1.54, 1.807) is 0 Å². The normalized spacial score (nSPS) is 21.9. The number of fused-ring (bicyclic) bond motifs is 2. The van der Waals surface area contributed by atoms with Crippen LogP contribution in [0.15, 0.2) is 30.3 Å². The van der Waals surface area contributed by atoms with Crippen LogP contribution in [0.25, 0.3) is 0 Å². The number of rotatable bonds is 3. The first-order valence-corrected chi connectivity index (χ1v) is 10.9. The van der Waals surface area contributed by atoms with Crippen LogP contribution in [0.5, 0.6) is 0 Å². The van der Waals surface area contributed by atoms with Gasteiger partial charge in [-0.2, -0.15) is 5.10 Å². The number of nitrogens with zero attached hydrogens (tertiary/aromatic N) is 3. The molecule has 1 aromatic heterocycles. The minimum absolute atomic E-state index is 0.0100. The highest BCUT2D eigenvalue weighted by atomic mass is 16.5. The van der Waals surface area contributed by atoms with Crippen molar-refractivity contribution in [3.8, 4) is 0 Å². The second-order valence-corrected chi connectivity index (χ2v) is 8.35. The Labute approximate surface area is 171 Å². The lowest BCUT2D eigenvalue weighted by atomic mass is 9.96. The number of carbonyl (C=O) groups excluding carboxylic acids is 1. The van der Waals surface area contributed by atoms with Crippen LogP contribution in [-0.2, 0) is 28.8 Å². The van der Waals surface area contributed by atoms with Crippen molar-refractivity contribution < 1.29 is 9.53 Å². The maximum atomic E-state index is 12.9. The van der Waals surface area contributed by atoms with E-state index in [-0.39, 0.29) is 11.9 Å². The number of nitrogens with one attached hydrogen (secondary N) is 1. The molecule has 29 heavy (non-hydrogen) atoms.